The van der Waals surface area contributed by atoms with Crippen molar-refractivity contribution in [1.29, 1.82) is 0 Å². The van der Waals surface area contributed by atoms with Gasteiger partial charge in [0.1, 0.15) is 11.9 Å². The van der Waals surface area contributed by atoms with E-state index in [9.17, 15) is 40.7 Å². The fraction of sp³-hybridized carbons (Fsp3) is 0.414. The number of benzene rings is 2. The quantitative estimate of drug-likeness (QED) is 0.295. The number of nitrogens with zero attached hydrogens (tertiary/aromatic N) is 4. The predicted molar refractivity (Wildman–Crippen MR) is 151 cm³/mol. The summed E-state index contributed by atoms with van der Waals surface area (Å²) in [5, 5.41) is 3.66. The lowest BCUT2D eigenvalue weighted by Gasteiger charge is -2.34. The number of fused-ring (bicyclic) bond motifs is 1. The number of aromatic nitrogens is 2. The molecule has 1 aromatic heterocycles. The lowest BCUT2D eigenvalue weighted by molar-refractivity contribution is -0.204. The van der Waals surface area contributed by atoms with Crippen LogP contribution in [0.15, 0.2) is 42.5 Å². The van der Waals surface area contributed by atoms with E-state index in [-0.39, 0.29) is 40.8 Å². The molecule has 0 aliphatic carbocycles. The smallest absolute Gasteiger partial charge is 0.465 e. The van der Waals surface area contributed by atoms with Crippen LogP contribution in [0.1, 0.15) is 39.4 Å². The second kappa shape index (κ2) is 12.9. The maximum absolute atomic E-state index is 13.8. The van der Waals surface area contributed by atoms with Gasteiger partial charge in [-0.2, -0.15) is 26.3 Å². The number of esters is 2. The van der Waals surface area contributed by atoms with Gasteiger partial charge >= 0.3 is 24.3 Å². The molecule has 0 spiro atoms. The summed E-state index contributed by atoms with van der Waals surface area (Å²) in [6.45, 7) is -0.0282. The maximum atomic E-state index is 13.8. The van der Waals surface area contributed by atoms with Crippen LogP contribution < -0.4 is 10.2 Å². The van der Waals surface area contributed by atoms with Crippen molar-refractivity contribution >= 4 is 46.2 Å². The first-order valence-corrected chi connectivity index (χ1v) is 14.3. The molecule has 17 heteroatoms. The monoisotopic (exact) mass is 673 g/mol. The van der Waals surface area contributed by atoms with Crippen LogP contribution in [0.2, 0.25) is 5.02 Å². The molecule has 0 radical (unpaired) electrons. The van der Waals surface area contributed by atoms with Crippen molar-refractivity contribution in [1.82, 2.24) is 20.2 Å². The number of anilines is 1. The third kappa shape index (κ3) is 7.28. The fourth-order valence-electron chi connectivity index (χ4n) is 5.48. The van der Waals surface area contributed by atoms with Gasteiger partial charge in [0, 0.05) is 41.6 Å². The third-order valence-electron chi connectivity index (χ3n) is 7.73. The number of rotatable bonds is 6. The zero-order valence-corrected chi connectivity index (χ0v) is 24.7. The zero-order chi connectivity index (χ0) is 33.4. The van der Waals surface area contributed by atoms with Crippen molar-refractivity contribution in [2.24, 2.45) is 0 Å². The molecule has 246 valence electrons. The number of amides is 1. The van der Waals surface area contributed by atoms with E-state index in [1.807, 2.05) is 0 Å². The number of carbonyl (C=O) groups excluding carboxylic acids is 3. The largest absolute Gasteiger partial charge is 0.490 e. The van der Waals surface area contributed by atoms with E-state index in [1.165, 1.54) is 23.1 Å². The lowest BCUT2D eigenvalue weighted by atomic mass is 10.0. The molecule has 2 fully saturated rings. The van der Waals surface area contributed by atoms with Gasteiger partial charge in [-0.05, 0) is 55.3 Å². The van der Waals surface area contributed by atoms with Crippen LogP contribution in [0.3, 0.4) is 0 Å². The number of halogens is 7. The molecule has 2 aromatic carbocycles. The molecule has 3 heterocycles. The minimum absolute atomic E-state index is 0.00599. The Labute approximate surface area is 262 Å². The molecule has 2 saturated heterocycles. The first-order chi connectivity index (χ1) is 21.6. The zero-order valence-electron chi connectivity index (χ0n) is 24.0. The van der Waals surface area contributed by atoms with Gasteiger partial charge in [-0.3, -0.25) is 4.79 Å². The average molecular weight is 674 g/mol. The number of alkyl halides is 6. The van der Waals surface area contributed by atoms with Gasteiger partial charge in [0.15, 0.2) is 0 Å². The highest BCUT2D eigenvalue weighted by atomic mass is 35.5. The second-order valence-electron chi connectivity index (χ2n) is 10.8. The van der Waals surface area contributed by atoms with E-state index >= 15 is 0 Å². The van der Waals surface area contributed by atoms with Crippen molar-refractivity contribution < 1.29 is 50.2 Å². The van der Waals surface area contributed by atoms with E-state index in [0.717, 1.165) is 7.11 Å². The van der Waals surface area contributed by atoms with Crippen LogP contribution in [-0.4, -0.2) is 90.4 Å². The number of nitrogens with one attached hydrogen (secondary N) is 1. The molecule has 0 saturated carbocycles. The van der Waals surface area contributed by atoms with Gasteiger partial charge in [0.25, 0.3) is 5.91 Å². The predicted octanol–water partition coefficient (Wildman–Crippen LogP) is 4.65. The summed E-state index contributed by atoms with van der Waals surface area (Å²) in [6, 6.07) is 8.70. The van der Waals surface area contributed by atoms with E-state index in [2.05, 4.69) is 15.3 Å². The van der Waals surface area contributed by atoms with Crippen LogP contribution in [-0.2, 0) is 20.4 Å². The first-order valence-electron chi connectivity index (χ1n) is 13.9. The van der Waals surface area contributed by atoms with Gasteiger partial charge in [-0.25, -0.2) is 19.6 Å². The molecule has 2 atom stereocenters. The third-order valence-corrected chi connectivity index (χ3v) is 7.98. The second-order valence-corrected chi connectivity index (χ2v) is 11.2. The highest BCUT2D eigenvalue weighted by molar-refractivity contribution is 6.30. The highest BCUT2D eigenvalue weighted by Crippen LogP contribution is 2.35. The van der Waals surface area contributed by atoms with Gasteiger partial charge in [0.2, 0.25) is 5.82 Å². The van der Waals surface area contributed by atoms with Crippen molar-refractivity contribution in [2.45, 2.75) is 43.4 Å². The number of carbonyl (C=O) groups is 3. The number of ether oxygens (including phenoxy) is 2. The normalized spacial score (nSPS) is 19.4. The Morgan fingerprint density at radius 2 is 1.59 bits per heavy atom. The molecule has 2 aliphatic heterocycles. The fourth-order valence-corrected chi connectivity index (χ4v) is 5.61. The number of hydrogen-bond acceptors (Lipinski definition) is 9. The van der Waals surface area contributed by atoms with E-state index < -0.39 is 48.8 Å². The summed E-state index contributed by atoms with van der Waals surface area (Å²) < 4.78 is 90.4. The van der Waals surface area contributed by atoms with Crippen molar-refractivity contribution in [2.75, 3.05) is 38.2 Å². The molecule has 1 N–H and O–H groups in total. The number of methoxy groups -OCH3 is 1. The van der Waals surface area contributed by atoms with Crippen molar-refractivity contribution in [3.63, 3.8) is 0 Å². The minimum atomic E-state index is -5.31. The maximum Gasteiger partial charge on any atom is 0.490 e. The van der Waals surface area contributed by atoms with E-state index in [4.69, 9.17) is 21.1 Å². The first kappa shape index (κ1) is 33.2. The lowest BCUT2D eigenvalue weighted by Crippen LogP contribution is -2.52. The summed E-state index contributed by atoms with van der Waals surface area (Å²) >= 11 is 5.90. The molecule has 2 aliphatic rings. The Kier molecular flexibility index (Phi) is 9.31. The van der Waals surface area contributed by atoms with Crippen LogP contribution in [0.5, 0.6) is 0 Å². The number of likely N-dealkylation sites (tertiary alicyclic amines) is 1. The molecule has 0 unspecified atom stereocenters. The Bertz CT molecular complexity index is 1630. The van der Waals surface area contributed by atoms with Crippen molar-refractivity contribution in [3.8, 4) is 0 Å². The average Bonchev–Trinajstić information content (AvgIpc) is 3.40. The van der Waals surface area contributed by atoms with E-state index in [1.54, 1.807) is 29.2 Å². The summed E-state index contributed by atoms with van der Waals surface area (Å²) in [4.78, 5) is 47.0. The Morgan fingerprint density at radius 1 is 0.935 bits per heavy atom. The molecule has 10 nitrogen and oxygen atoms in total. The van der Waals surface area contributed by atoms with Gasteiger partial charge in [0.05, 0.1) is 30.8 Å². The van der Waals surface area contributed by atoms with Crippen LogP contribution in [0, 0.1) is 0 Å². The van der Waals surface area contributed by atoms with Crippen LogP contribution in [0.25, 0.3) is 10.9 Å². The topological polar surface area (TPSA) is 114 Å². The molecule has 0 bridgehead atoms. The Balaban J connectivity index is 1.40. The van der Waals surface area contributed by atoms with Gasteiger partial charge < -0.3 is 24.6 Å². The molecule has 46 heavy (non-hydrogen) atoms. The Hall–Kier alpha value is -4.18. The Morgan fingerprint density at radius 3 is 2.20 bits per heavy atom. The number of piperidine rings is 1. The molecular weight excluding hydrogens is 648 g/mol. The van der Waals surface area contributed by atoms with Crippen LogP contribution >= 0.6 is 11.6 Å². The highest BCUT2D eigenvalue weighted by Gasteiger charge is 2.47. The summed E-state index contributed by atoms with van der Waals surface area (Å²) in [5.41, 5.74) is 0.239. The molecule has 5 rings (SSSR count). The molecule has 1 amide bonds. The molecule has 3 aromatic rings. The van der Waals surface area contributed by atoms with Crippen LogP contribution in [0.4, 0.5) is 32.2 Å². The number of hydrogen-bond donors (Lipinski definition) is 1. The van der Waals surface area contributed by atoms with Crippen molar-refractivity contribution in [3.05, 3.63) is 64.4 Å². The summed E-state index contributed by atoms with van der Waals surface area (Å²) in [5.74, 6) is -5.28. The molecular formula is C29H26ClF6N5O5. The summed E-state index contributed by atoms with van der Waals surface area (Å²) in [7, 11) is 1.12. The minimum Gasteiger partial charge on any atom is -0.465 e. The SMILES string of the molecule is COC(=O)c1ccc2nc(C(F)(F)F)nc(N3C[C@H](NC4CCN(C(=O)c5ccc(Cl)cc5)CC4)[C@@H](OC(=O)C(F)(F)F)C3)c2c1. The van der Waals surface area contributed by atoms with Gasteiger partial charge in [-0.15, -0.1) is 0 Å². The summed E-state index contributed by atoms with van der Waals surface area (Å²) in [6.07, 6.45) is -10.9. The standard InChI is InChI=1S/C29H26ClF6N5O5/c1-45-25(43)16-4-7-20-19(12-16)23(39-26(38-20)28(31,32)33)41-13-21(22(14-41)46-27(44)29(34,35)36)37-18-8-10-40(11-9-18)24(42)15-2-5-17(30)6-3-15/h2-7,12,18,21-22,37H,8-11,13-14H2,1H3/t21-,22-/m0/s1. The van der Waals surface area contributed by atoms with Gasteiger partial charge in [-0.1, -0.05) is 11.6 Å². The van der Waals surface area contributed by atoms with E-state index in [0.29, 0.717) is 36.5 Å².